The number of carbonyl (C=O) groups is 1. The molecule has 0 saturated carbocycles. The van der Waals surface area contributed by atoms with Crippen molar-refractivity contribution < 1.29 is 9.53 Å². The van der Waals surface area contributed by atoms with E-state index in [1.807, 2.05) is 43.3 Å². The van der Waals surface area contributed by atoms with Crippen LogP contribution in [-0.4, -0.2) is 12.6 Å². The third-order valence-electron chi connectivity index (χ3n) is 4.79. The lowest BCUT2D eigenvalue weighted by molar-refractivity contribution is -0.145. The van der Waals surface area contributed by atoms with Crippen LogP contribution in [0, 0.1) is 0 Å². The number of benzene rings is 3. The second-order valence-electron chi connectivity index (χ2n) is 6.67. The molecule has 0 bridgehead atoms. The molecule has 0 saturated heterocycles. The minimum atomic E-state index is -0.185. The standard InChI is InChI=1S/C25H26O2/c1-2-27-25(26)24(23-13-7-4-8-14-23)15-9-10-20-16-18-22(19-17-20)21-11-5-3-6-12-21/h3-8,11-14,16-19,24H,2,9-10,15H2,1H3. The molecule has 0 aliphatic carbocycles. The fourth-order valence-corrected chi connectivity index (χ4v) is 3.35. The van der Waals surface area contributed by atoms with Crippen LogP contribution in [0.25, 0.3) is 11.1 Å². The number of carbonyl (C=O) groups excluding carboxylic acids is 1. The van der Waals surface area contributed by atoms with Crippen molar-refractivity contribution in [3.05, 3.63) is 96.1 Å². The predicted octanol–water partition coefficient (Wildman–Crippen LogP) is 6.02. The molecule has 27 heavy (non-hydrogen) atoms. The van der Waals surface area contributed by atoms with Gasteiger partial charge in [0.1, 0.15) is 0 Å². The van der Waals surface area contributed by atoms with Crippen LogP contribution in [-0.2, 0) is 16.0 Å². The average Bonchev–Trinajstić information content (AvgIpc) is 2.73. The molecule has 2 heteroatoms. The second kappa shape index (κ2) is 9.72. The van der Waals surface area contributed by atoms with Crippen molar-refractivity contribution in [2.45, 2.75) is 32.1 Å². The normalized spacial score (nSPS) is 11.7. The van der Waals surface area contributed by atoms with Crippen molar-refractivity contribution in [1.82, 2.24) is 0 Å². The Morgan fingerprint density at radius 1 is 0.815 bits per heavy atom. The molecule has 0 aromatic heterocycles. The third kappa shape index (κ3) is 5.30. The first-order valence-electron chi connectivity index (χ1n) is 9.64. The lowest BCUT2D eigenvalue weighted by Crippen LogP contribution is -2.16. The smallest absolute Gasteiger partial charge is 0.313 e. The molecule has 0 aliphatic heterocycles. The number of hydrogen-bond acceptors (Lipinski definition) is 2. The molecule has 3 rings (SSSR count). The van der Waals surface area contributed by atoms with Crippen LogP contribution >= 0.6 is 0 Å². The monoisotopic (exact) mass is 358 g/mol. The Balaban J connectivity index is 1.60. The number of aryl methyl sites for hydroxylation is 1. The van der Waals surface area contributed by atoms with Crippen molar-refractivity contribution in [3.8, 4) is 11.1 Å². The van der Waals surface area contributed by atoms with E-state index in [9.17, 15) is 4.79 Å². The van der Waals surface area contributed by atoms with E-state index in [4.69, 9.17) is 4.74 Å². The number of ether oxygens (including phenoxy) is 1. The third-order valence-corrected chi connectivity index (χ3v) is 4.79. The van der Waals surface area contributed by atoms with Gasteiger partial charge in [-0.15, -0.1) is 0 Å². The Morgan fingerprint density at radius 3 is 2.04 bits per heavy atom. The van der Waals surface area contributed by atoms with Gasteiger partial charge >= 0.3 is 5.97 Å². The lowest BCUT2D eigenvalue weighted by atomic mass is 9.92. The molecular weight excluding hydrogens is 332 g/mol. The van der Waals surface area contributed by atoms with Crippen LogP contribution in [0.5, 0.6) is 0 Å². The van der Waals surface area contributed by atoms with Crippen molar-refractivity contribution >= 4 is 5.97 Å². The van der Waals surface area contributed by atoms with Crippen molar-refractivity contribution in [1.29, 1.82) is 0 Å². The Bertz CT molecular complexity index is 823. The Labute approximate surface area is 161 Å². The molecule has 0 spiro atoms. The van der Waals surface area contributed by atoms with Gasteiger partial charge in [0.15, 0.2) is 0 Å². The summed E-state index contributed by atoms with van der Waals surface area (Å²) in [4.78, 5) is 12.4. The molecule has 0 amide bonds. The molecule has 2 nitrogen and oxygen atoms in total. The fraction of sp³-hybridized carbons (Fsp3) is 0.240. The van der Waals surface area contributed by atoms with Gasteiger partial charge in [0, 0.05) is 0 Å². The summed E-state index contributed by atoms with van der Waals surface area (Å²) in [6.45, 7) is 2.28. The zero-order chi connectivity index (χ0) is 18.9. The predicted molar refractivity (Wildman–Crippen MR) is 111 cm³/mol. The molecule has 0 radical (unpaired) electrons. The Morgan fingerprint density at radius 2 is 1.41 bits per heavy atom. The molecule has 1 unspecified atom stereocenters. The summed E-state index contributed by atoms with van der Waals surface area (Å²) in [5, 5.41) is 0. The molecule has 1 atom stereocenters. The first-order valence-corrected chi connectivity index (χ1v) is 9.64. The quantitative estimate of drug-likeness (QED) is 0.460. The van der Waals surface area contributed by atoms with E-state index in [1.54, 1.807) is 0 Å². The van der Waals surface area contributed by atoms with Crippen molar-refractivity contribution in [2.24, 2.45) is 0 Å². The SMILES string of the molecule is CCOC(=O)C(CCCc1ccc(-c2ccccc2)cc1)c1ccccc1. The van der Waals surface area contributed by atoms with Gasteiger partial charge < -0.3 is 4.74 Å². The van der Waals surface area contributed by atoms with Gasteiger partial charge in [0.05, 0.1) is 12.5 Å². The minimum absolute atomic E-state index is 0.122. The van der Waals surface area contributed by atoms with E-state index in [0.29, 0.717) is 6.61 Å². The van der Waals surface area contributed by atoms with Crippen molar-refractivity contribution in [3.63, 3.8) is 0 Å². The van der Waals surface area contributed by atoms with E-state index in [1.165, 1.54) is 16.7 Å². The van der Waals surface area contributed by atoms with E-state index in [-0.39, 0.29) is 11.9 Å². The number of esters is 1. The van der Waals surface area contributed by atoms with Gasteiger partial charge in [0.25, 0.3) is 0 Å². The zero-order valence-corrected chi connectivity index (χ0v) is 15.8. The summed E-state index contributed by atoms with van der Waals surface area (Å²) in [7, 11) is 0. The van der Waals surface area contributed by atoms with E-state index < -0.39 is 0 Å². The van der Waals surface area contributed by atoms with Crippen molar-refractivity contribution in [2.75, 3.05) is 6.61 Å². The average molecular weight is 358 g/mol. The Hall–Kier alpha value is -2.87. The van der Waals surface area contributed by atoms with E-state index in [0.717, 1.165) is 24.8 Å². The van der Waals surface area contributed by atoms with Gasteiger partial charge in [-0.25, -0.2) is 0 Å². The zero-order valence-electron chi connectivity index (χ0n) is 15.8. The highest BCUT2D eigenvalue weighted by Crippen LogP contribution is 2.25. The first kappa shape index (κ1) is 18.9. The summed E-state index contributed by atoms with van der Waals surface area (Å²) in [5.74, 6) is -0.308. The van der Waals surface area contributed by atoms with E-state index >= 15 is 0 Å². The first-order chi connectivity index (χ1) is 13.3. The van der Waals surface area contributed by atoms with E-state index in [2.05, 4.69) is 48.5 Å². The summed E-state index contributed by atoms with van der Waals surface area (Å²) in [6.07, 6.45) is 2.70. The molecular formula is C25H26O2. The topological polar surface area (TPSA) is 26.3 Å². The largest absolute Gasteiger partial charge is 0.466 e. The van der Waals surface area contributed by atoms with Gasteiger partial charge in [-0.05, 0) is 48.4 Å². The fourth-order valence-electron chi connectivity index (χ4n) is 3.35. The Kier molecular flexibility index (Phi) is 6.81. The maximum absolute atomic E-state index is 12.4. The minimum Gasteiger partial charge on any atom is -0.466 e. The van der Waals surface area contributed by atoms with Crippen LogP contribution in [0.3, 0.4) is 0 Å². The summed E-state index contributed by atoms with van der Waals surface area (Å²) in [6, 6.07) is 29.1. The summed E-state index contributed by atoms with van der Waals surface area (Å²) < 4.78 is 5.29. The molecule has 0 heterocycles. The van der Waals surface area contributed by atoms with Gasteiger partial charge in [-0.1, -0.05) is 84.9 Å². The van der Waals surface area contributed by atoms with Gasteiger partial charge in [-0.3, -0.25) is 4.79 Å². The highest BCUT2D eigenvalue weighted by Gasteiger charge is 2.21. The highest BCUT2D eigenvalue weighted by atomic mass is 16.5. The maximum atomic E-state index is 12.4. The molecule has 0 aliphatic rings. The summed E-state index contributed by atoms with van der Waals surface area (Å²) >= 11 is 0. The molecule has 0 fully saturated rings. The van der Waals surface area contributed by atoms with Gasteiger partial charge in [0.2, 0.25) is 0 Å². The highest BCUT2D eigenvalue weighted by molar-refractivity contribution is 5.78. The number of rotatable bonds is 8. The summed E-state index contributed by atoms with van der Waals surface area (Å²) in [5.41, 5.74) is 4.80. The van der Waals surface area contributed by atoms with Crippen LogP contribution in [0.15, 0.2) is 84.9 Å². The van der Waals surface area contributed by atoms with Crippen LogP contribution < -0.4 is 0 Å². The van der Waals surface area contributed by atoms with Crippen LogP contribution in [0.1, 0.15) is 36.8 Å². The van der Waals surface area contributed by atoms with Crippen LogP contribution in [0.2, 0.25) is 0 Å². The molecule has 3 aromatic carbocycles. The molecule has 138 valence electrons. The lowest BCUT2D eigenvalue weighted by Gasteiger charge is -2.16. The number of hydrogen-bond donors (Lipinski definition) is 0. The maximum Gasteiger partial charge on any atom is 0.313 e. The second-order valence-corrected chi connectivity index (χ2v) is 6.67. The van der Waals surface area contributed by atoms with Crippen LogP contribution in [0.4, 0.5) is 0 Å². The van der Waals surface area contributed by atoms with Gasteiger partial charge in [-0.2, -0.15) is 0 Å². The molecule has 3 aromatic rings. The molecule has 0 N–H and O–H groups in total.